The van der Waals surface area contributed by atoms with Gasteiger partial charge >= 0.3 is 6.09 Å². The molecule has 0 aromatic carbocycles. The zero-order chi connectivity index (χ0) is 20.3. The maximum absolute atomic E-state index is 11.9. The monoisotopic (exact) mass is 385 g/mol. The second-order valence-corrected chi connectivity index (χ2v) is 8.16. The van der Waals surface area contributed by atoms with Crippen LogP contribution in [0.25, 0.3) is 17.1 Å². The molecule has 1 saturated carbocycles. The number of hydrogen-bond donors (Lipinski definition) is 2. The lowest BCUT2D eigenvalue weighted by Crippen LogP contribution is -2.34. The number of aldehydes is 1. The molecule has 3 rings (SSSR count). The highest BCUT2D eigenvalue weighted by atomic mass is 16.6. The third-order valence-corrected chi connectivity index (χ3v) is 4.86. The number of aromatic nitrogens is 3. The number of rotatable bonds is 5. The fraction of sp³-hybridized carbons (Fsp3) is 0.500. The van der Waals surface area contributed by atoms with Gasteiger partial charge < -0.3 is 20.4 Å². The van der Waals surface area contributed by atoms with E-state index in [1.807, 2.05) is 27.0 Å². The molecule has 2 aromatic rings. The lowest BCUT2D eigenvalue weighted by molar-refractivity contribution is -0.104. The molecule has 8 nitrogen and oxygen atoms in total. The number of hydrogen-bond acceptors (Lipinski definition) is 6. The summed E-state index contributed by atoms with van der Waals surface area (Å²) in [6.07, 6.45) is 9.84. The van der Waals surface area contributed by atoms with Gasteiger partial charge in [-0.3, -0.25) is 4.79 Å². The van der Waals surface area contributed by atoms with Gasteiger partial charge in [0.15, 0.2) is 0 Å². The van der Waals surface area contributed by atoms with Gasteiger partial charge in [0.1, 0.15) is 29.7 Å². The van der Waals surface area contributed by atoms with E-state index in [4.69, 9.17) is 10.5 Å². The van der Waals surface area contributed by atoms with Crippen molar-refractivity contribution in [2.24, 2.45) is 5.92 Å². The van der Waals surface area contributed by atoms with Gasteiger partial charge in [0.2, 0.25) is 0 Å². The van der Waals surface area contributed by atoms with E-state index < -0.39 is 5.60 Å². The smallest absolute Gasteiger partial charge is 0.407 e. The van der Waals surface area contributed by atoms with Crippen LogP contribution in [-0.2, 0) is 9.53 Å². The topological polar surface area (TPSA) is 112 Å². The quantitative estimate of drug-likeness (QED) is 0.604. The maximum Gasteiger partial charge on any atom is 0.407 e. The molecular formula is C20H27N5O3. The number of fused-ring (bicyclic) bond motifs is 1. The van der Waals surface area contributed by atoms with Gasteiger partial charge in [-0.15, -0.1) is 0 Å². The van der Waals surface area contributed by atoms with Crippen molar-refractivity contribution in [3.05, 3.63) is 24.2 Å². The number of nitrogen functional groups attached to an aromatic ring is 1. The van der Waals surface area contributed by atoms with Crippen molar-refractivity contribution < 1.29 is 14.3 Å². The van der Waals surface area contributed by atoms with Crippen LogP contribution in [0.2, 0.25) is 0 Å². The van der Waals surface area contributed by atoms with Gasteiger partial charge in [0.25, 0.3) is 0 Å². The molecule has 1 fully saturated rings. The van der Waals surface area contributed by atoms with Crippen molar-refractivity contribution in [2.45, 2.75) is 51.7 Å². The molecule has 0 radical (unpaired) electrons. The van der Waals surface area contributed by atoms with E-state index in [0.29, 0.717) is 18.3 Å². The predicted octanol–water partition coefficient (Wildman–Crippen LogP) is 3.09. The van der Waals surface area contributed by atoms with E-state index in [2.05, 4.69) is 19.9 Å². The summed E-state index contributed by atoms with van der Waals surface area (Å²) in [4.78, 5) is 31.1. The Morgan fingerprint density at radius 1 is 1.39 bits per heavy atom. The molecule has 0 unspecified atom stereocenters. The van der Waals surface area contributed by atoms with Gasteiger partial charge in [-0.05, 0) is 58.1 Å². The van der Waals surface area contributed by atoms with Crippen molar-refractivity contribution >= 4 is 35.3 Å². The first-order valence-electron chi connectivity index (χ1n) is 9.48. The summed E-state index contributed by atoms with van der Waals surface area (Å²) in [6, 6.07) is 0.251. The predicted molar refractivity (Wildman–Crippen MR) is 108 cm³/mol. The standard InChI is InChI=1S/C20H27N5O3/c1-20(2,3)28-19(27)22-10-13-6-7-15(9-13)25-11-14(5-4-8-26)16-17(21)23-12-24-18(16)25/h4-5,8,11-13,15H,6-7,9-10H2,1-3H3,(H,22,27)(H2,21,23,24)/b5-4+/t13-,15+/m1/s1. The largest absolute Gasteiger partial charge is 0.444 e. The highest BCUT2D eigenvalue weighted by Crippen LogP contribution is 2.38. The third kappa shape index (κ3) is 4.49. The summed E-state index contributed by atoms with van der Waals surface area (Å²) in [7, 11) is 0. The molecule has 150 valence electrons. The Bertz CT molecular complexity index is 897. The van der Waals surface area contributed by atoms with Crippen LogP contribution in [0.3, 0.4) is 0 Å². The van der Waals surface area contributed by atoms with Gasteiger partial charge in [-0.25, -0.2) is 14.8 Å². The van der Waals surface area contributed by atoms with Crippen LogP contribution in [0, 0.1) is 5.92 Å². The van der Waals surface area contributed by atoms with Crippen LogP contribution >= 0.6 is 0 Å². The van der Waals surface area contributed by atoms with Crippen molar-refractivity contribution in [1.82, 2.24) is 19.9 Å². The van der Waals surface area contributed by atoms with Gasteiger partial charge in [0, 0.05) is 24.3 Å². The van der Waals surface area contributed by atoms with Crippen LogP contribution < -0.4 is 11.1 Å². The first kappa shape index (κ1) is 19.9. The second-order valence-electron chi connectivity index (χ2n) is 8.16. The molecular weight excluding hydrogens is 358 g/mol. The third-order valence-electron chi connectivity index (χ3n) is 4.86. The van der Waals surface area contributed by atoms with E-state index in [1.54, 1.807) is 6.08 Å². The van der Waals surface area contributed by atoms with Gasteiger partial charge in [0.05, 0.1) is 5.39 Å². The number of nitrogens with two attached hydrogens (primary N) is 1. The Labute approximate surface area is 164 Å². The Morgan fingerprint density at radius 3 is 2.89 bits per heavy atom. The minimum absolute atomic E-state index is 0.251. The Kier molecular flexibility index (Phi) is 5.67. The maximum atomic E-state index is 11.9. The van der Waals surface area contributed by atoms with E-state index >= 15 is 0 Å². The van der Waals surface area contributed by atoms with Crippen LogP contribution in [0.5, 0.6) is 0 Å². The van der Waals surface area contributed by atoms with Crippen LogP contribution in [-0.4, -0.2) is 39.1 Å². The molecule has 0 bridgehead atoms. The summed E-state index contributed by atoms with van der Waals surface area (Å²) in [5, 5.41) is 3.63. The molecule has 0 spiro atoms. The summed E-state index contributed by atoms with van der Waals surface area (Å²) >= 11 is 0. The SMILES string of the molecule is CC(C)(C)OC(=O)NC[C@@H]1CC[C@H](n2cc(/C=C/C=O)c3c(N)ncnc32)C1. The number of allylic oxidation sites excluding steroid dienone is 1. The average molecular weight is 385 g/mol. The van der Waals surface area contributed by atoms with Crippen molar-refractivity contribution in [3.63, 3.8) is 0 Å². The molecule has 0 aliphatic heterocycles. The van der Waals surface area contributed by atoms with Crippen molar-refractivity contribution in [1.29, 1.82) is 0 Å². The zero-order valence-corrected chi connectivity index (χ0v) is 16.5. The number of nitrogens with zero attached hydrogens (tertiary/aromatic N) is 3. The van der Waals surface area contributed by atoms with E-state index in [1.165, 1.54) is 12.4 Å². The number of amides is 1. The Balaban J connectivity index is 1.72. The molecule has 1 aliphatic carbocycles. The van der Waals surface area contributed by atoms with E-state index in [9.17, 15) is 9.59 Å². The van der Waals surface area contributed by atoms with Gasteiger partial charge in [-0.2, -0.15) is 0 Å². The summed E-state index contributed by atoms with van der Waals surface area (Å²) in [6.45, 7) is 6.12. The minimum atomic E-state index is -0.503. The van der Waals surface area contributed by atoms with Crippen LogP contribution in [0.15, 0.2) is 18.6 Å². The molecule has 28 heavy (non-hydrogen) atoms. The molecule has 2 heterocycles. The minimum Gasteiger partial charge on any atom is -0.444 e. The summed E-state index contributed by atoms with van der Waals surface area (Å²) < 4.78 is 7.41. The van der Waals surface area contributed by atoms with E-state index in [0.717, 1.165) is 42.1 Å². The number of carbonyl (C=O) groups is 2. The zero-order valence-electron chi connectivity index (χ0n) is 16.5. The average Bonchev–Trinajstić information content (AvgIpc) is 3.22. The van der Waals surface area contributed by atoms with Crippen molar-refractivity contribution in [3.8, 4) is 0 Å². The highest BCUT2D eigenvalue weighted by Gasteiger charge is 2.29. The van der Waals surface area contributed by atoms with Crippen molar-refractivity contribution in [2.75, 3.05) is 12.3 Å². The first-order valence-corrected chi connectivity index (χ1v) is 9.48. The number of carbonyl (C=O) groups excluding carboxylic acids is 2. The fourth-order valence-electron chi connectivity index (χ4n) is 3.71. The fourth-order valence-corrected chi connectivity index (χ4v) is 3.71. The van der Waals surface area contributed by atoms with E-state index in [-0.39, 0.29) is 12.1 Å². The molecule has 1 amide bonds. The second kappa shape index (κ2) is 8.00. The number of ether oxygens (including phenoxy) is 1. The van der Waals surface area contributed by atoms with Gasteiger partial charge in [-0.1, -0.05) is 0 Å². The lowest BCUT2D eigenvalue weighted by Gasteiger charge is -2.20. The molecule has 2 atom stereocenters. The number of nitrogens with one attached hydrogen (secondary N) is 1. The van der Waals surface area contributed by atoms with Crippen LogP contribution in [0.4, 0.5) is 10.6 Å². The molecule has 1 aliphatic rings. The first-order chi connectivity index (χ1) is 13.3. The highest BCUT2D eigenvalue weighted by molar-refractivity contribution is 5.96. The molecule has 0 saturated heterocycles. The number of anilines is 1. The molecule has 8 heteroatoms. The molecule has 2 aromatic heterocycles. The van der Waals surface area contributed by atoms with Crippen LogP contribution in [0.1, 0.15) is 51.6 Å². The molecule has 3 N–H and O–H groups in total. The number of alkyl carbamates (subject to hydrolysis) is 1. The normalized spacial score (nSPS) is 20.0. The Hall–Kier alpha value is -2.90. The summed E-state index contributed by atoms with van der Waals surface area (Å²) in [5.41, 5.74) is 7.15. The summed E-state index contributed by atoms with van der Waals surface area (Å²) in [5.74, 6) is 0.763. The lowest BCUT2D eigenvalue weighted by atomic mass is 10.1. The Morgan fingerprint density at radius 2 is 2.18 bits per heavy atom.